The molecule has 36 heavy (non-hydrogen) atoms. The van der Waals surface area contributed by atoms with Gasteiger partial charge in [-0.25, -0.2) is 0 Å². The first-order chi connectivity index (χ1) is 16.7. The van der Waals surface area contributed by atoms with Crippen molar-refractivity contribution in [2.24, 2.45) is 5.92 Å². The summed E-state index contributed by atoms with van der Waals surface area (Å²) in [5.74, 6) is -0.742. The molecule has 2 aliphatic heterocycles. The SMILES string of the molecule is CC(C)(C)OC(=O)CN1CCN(CC(=O)OC(C)(C)C)CCN(CC2CCN(CC(=O)O)CC2)CC1. The number of piperidine rings is 1. The normalized spacial score (nSPS) is 20.8. The molecule has 0 amide bonds. The molecule has 2 saturated heterocycles. The van der Waals surface area contributed by atoms with Crippen molar-refractivity contribution in [2.45, 2.75) is 65.6 Å². The molecule has 2 heterocycles. The number of carbonyl (C=O) groups excluding carboxylic acids is 2. The van der Waals surface area contributed by atoms with Crippen LogP contribution >= 0.6 is 0 Å². The molecule has 10 nitrogen and oxygen atoms in total. The highest BCUT2D eigenvalue weighted by molar-refractivity contribution is 5.72. The molecule has 0 spiro atoms. The zero-order valence-corrected chi connectivity index (χ0v) is 23.3. The van der Waals surface area contributed by atoms with Gasteiger partial charge in [-0.15, -0.1) is 0 Å². The van der Waals surface area contributed by atoms with E-state index in [-0.39, 0.29) is 31.6 Å². The van der Waals surface area contributed by atoms with Crippen LogP contribution in [-0.4, -0.2) is 132 Å². The van der Waals surface area contributed by atoms with Gasteiger partial charge in [-0.3, -0.25) is 29.1 Å². The van der Waals surface area contributed by atoms with Gasteiger partial charge < -0.3 is 19.5 Å². The molecule has 0 unspecified atom stereocenters. The van der Waals surface area contributed by atoms with Crippen molar-refractivity contribution in [2.75, 3.05) is 78.5 Å². The van der Waals surface area contributed by atoms with Crippen molar-refractivity contribution in [3.63, 3.8) is 0 Å². The van der Waals surface area contributed by atoms with Gasteiger partial charge in [-0.05, 0) is 73.4 Å². The Balaban J connectivity index is 2.00. The summed E-state index contributed by atoms with van der Waals surface area (Å²) in [7, 11) is 0. The van der Waals surface area contributed by atoms with Crippen LogP contribution in [0.25, 0.3) is 0 Å². The van der Waals surface area contributed by atoms with Gasteiger partial charge >= 0.3 is 17.9 Å². The molecule has 2 aliphatic rings. The van der Waals surface area contributed by atoms with Crippen LogP contribution in [0.15, 0.2) is 0 Å². The maximum Gasteiger partial charge on any atom is 0.320 e. The van der Waals surface area contributed by atoms with Gasteiger partial charge in [0.25, 0.3) is 0 Å². The number of hydrogen-bond donors (Lipinski definition) is 1. The summed E-state index contributed by atoms with van der Waals surface area (Å²) < 4.78 is 11.1. The summed E-state index contributed by atoms with van der Waals surface area (Å²) >= 11 is 0. The number of rotatable bonds is 8. The van der Waals surface area contributed by atoms with Crippen molar-refractivity contribution in [3.8, 4) is 0 Å². The van der Waals surface area contributed by atoms with Gasteiger partial charge in [-0.2, -0.15) is 0 Å². The van der Waals surface area contributed by atoms with Crippen molar-refractivity contribution in [1.82, 2.24) is 19.6 Å². The Kier molecular flexibility index (Phi) is 11.6. The number of carboxylic acid groups (broad SMARTS) is 1. The van der Waals surface area contributed by atoms with Crippen LogP contribution in [0.1, 0.15) is 54.4 Å². The third-order valence-electron chi connectivity index (χ3n) is 6.33. The topological polar surface area (TPSA) is 103 Å². The van der Waals surface area contributed by atoms with E-state index in [1.807, 2.05) is 46.4 Å². The van der Waals surface area contributed by atoms with Crippen LogP contribution in [0.4, 0.5) is 0 Å². The number of aliphatic carboxylic acids is 1. The minimum absolute atomic E-state index is 0.107. The van der Waals surface area contributed by atoms with E-state index in [4.69, 9.17) is 14.6 Å². The summed E-state index contributed by atoms with van der Waals surface area (Å²) in [4.78, 5) is 44.7. The third-order valence-corrected chi connectivity index (χ3v) is 6.33. The molecule has 10 heteroatoms. The van der Waals surface area contributed by atoms with Gasteiger partial charge in [0, 0.05) is 45.8 Å². The van der Waals surface area contributed by atoms with Gasteiger partial charge in [0.1, 0.15) is 11.2 Å². The number of carbonyl (C=O) groups is 3. The molecule has 208 valence electrons. The van der Waals surface area contributed by atoms with Crippen LogP contribution in [0.5, 0.6) is 0 Å². The average Bonchev–Trinajstić information content (AvgIpc) is 2.79. The molecule has 0 aromatic heterocycles. The highest BCUT2D eigenvalue weighted by Crippen LogP contribution is 2.19. The second-order valence-corrected chi connectivity index (χ2v) is 12.1. The Morgan fingerprint density at radius 2 is 1.00 bits per heavy atom. The van der Waals surface area contributed by atoms with E-state index in [9.17, 15) is 14.4 Å². The molecular formula is C26H48N4O6. The lowest BCUT2D eigenvalue weighted by atomic mass is 9.96. The van der Waals surface area contributed by atoms with Crippen molar-refractivity contribution < 1.29 is 29.0 Å². The third kappa shape index (κ3) is 13.0. The second-order valence-electron chi connectivity index (χ2n) is 12.1. The fourth-order valence-corrected chi connectivity index (χ4v) is 4.68. The van der Waals surface area contributed by atoms with Crippen LogP contribution in [0.2, 0.25) is 0 Å². The number of nitrogens with zero attached hydrogens (tertiary/aromatic N) is 4. The van der Waals surface area contributed by atoms with E-state index in [2.05, 4.69) is 14.7 Å². The minimum Gasteiger partial charge on any atom is -0.480 e. The van der Waals surface area contributed by atoms with Gasteiger partial charge in [0.15, 0.2) is 0 Å². The summed E-state index contributed by atoms with van der Waals surface area (Å²) in [6.45, 7) is 18.8. The van der Waals surface area contributed by atoms with Gasteiger partial charge in [0.2, 0.25) is 0 Å². The van der Waals surface area contributed by atoms with Crippen LogP contribution in [-0.2, 0) is 23.9 Å². The van der Waals surface area contributed by atoms with E-state index in [1.165, 1.54) is 0 Å². The first-order valence-corrected chi connectivity index (χ1v) is 13.2. The highest BCUT2D eigenvalue weighted by Gasteiger charge is 2.26. The molecule has 1 N–H and O–H groups in total. The van der Waals surface area contributed by atoms with E-state index in [0.717, 1.165) is 58.7 Å². The zero-order valence-electron chi connectivity index (χ0n) is 23.3. The lowest BCUT2D eigenvalue weighted by Crippen LogP contribution is -2.44. The summed E-state index contributed by atoms with van der Waals surface area (Å²) in [5, 5.41) is 9.05. The predicted molar refractivity (Wildman–Crippen MR) is 138 cm³/mol. The Morgan fingerprint density at radius 3 is 1.36 bits per heavy atom. The summed E-state index contributed by atoms with van der Waals surface area (Å²) in [6, 6.07) is 0. The lowest BCUT2D eigenvalue weighted by molar-refractivity contribution is -0.158. The maximum absolute atomic E-state index is 12.5. The van der Waals surface area contributed by atoms with E-state index < -0.39 is 17.2 Å². The lowest BCUT2D eigenvalue weighted by Gasteiger charge is -2.35. The Hall–Kier alpha value is -1.75. The van der Waals surface area contributed by atoms with Crippen LogP contribution in [0.3, 0.4) is 0 Å². The quantitative estimate of drug-likeness (QED) is 0.480. The highest BCUT2D eigenvalue weighted by atomic mass is 16.6. The molecule has 0 radical (unpaired) electrons. The van der Waals surface area contributed by atoms with Crippen molar-refractivity contribution in [3.05, 3.63) is 0 Å². The molecule has 2 fully saturated rings. The fourth-order valence-electron chi connectivity index (χ4n) is 4.68. The molecule has 0 atom stereocenters. The molecule has 2 rings (SSSR count). The van der Waals surface area contributed by atoms with E-state index in [1.54, 1.807) is 0 Å². The summed E-state index contributed by atoms with van der Waals surface area (Å²) in [6.07, 6.45) is 1.96. The van der Waals surface area contributed by atoms with Crippen LogP contribution in [0, 0.1) is 5.92 Å². The molecule has 0 aromatic carbocycles. The Bertz CT molecular complexity index is 683. The molecular weight excluding hydrogens is 464 g/mol. The number of hydrogen-bond acceptors (Lipinski definition) is 9. The first kappa shape index (κ1) is 30.5. The van der Waals surface area contributed by atoms with Gasteiger partial charge in [0.05, 0.1) is 19.6 Å². The fraction of sp³-hybridized carbons (Fsp3) is 0.885. The average molecular weight is 513 g/mol. The number of esters is 2. The van der Waals surface area contributed by atoms with Crippen LogP contribution < -0.4 is 0 Å². The zero-order chi connectivity index (χ0) is 26.9. The predicted octanol–water partition coefficient (Wildman–Crippen LogP) is 1.39. The van der Waals surface area contributed by atoms with E-state index >= 15 is 0 Å². The molecule has 0 aromatic rings. The molecule has 0 aliphatic carbocycles. The van der Waals surface area contributed by atoms with Crippen molar-refractivity contribution in [1.29, 1.82) is 0 Å². The monoisotopic (exact) mass is 512 g/mol. The first-order valence-electron chi connectivity index (χ1n) is 13.2. The molecule has 0 bridgehead atoms. The minimum atomic E-state index is -0.774. The Labute approximate surface area is 216 Å². The maximum atomic E-state index is 12.5. The van der Waals surface area contributed by atoms with E-state index in [0.29, 0.717) is 19.0 Å². The largest absolute Gasteiger partial charge is 0.480 e. The summed E-state index contributed by atoms with van der Waals surface area (Å²) in [5.41, 5.74) is -1.05. The molecule has 0 saturated carbocycles. The number of likely N-dealkylation sites (tertiary alicyclic amines) is 1. The number of carboxylic acids is 1. The Morgan fingerprint density at radius 1 is 0.639 bits per heavy atom. The number of ether oxygens (including phenoxy) is 2. The smallest absolute Gasteiger partial charge is 0.320 e. The standard InChI is InChI=1S/C26H48N4O6/c1-25(2,3)35-23(33)19-29-13-11-28(17-21-7-9-27(10-8-21)18-22(31)32)12-14-30(16-15-29)20-24(34)36-26(4,5)6/h21H,7-20H2,1-6H3,(H,31,32). The van der Waals surface area contributed by atoms with Gasteiger partial charge in [-0.1, -0.05) is 0 Å². The van der Waals surface area contributed by atoms with Crippen molar-refractivity contribution >= 4 is 17.9 Å². The second kappa shape index (κ2) is 13.7.